The van der Waals surface area contributed by atoms with Gasteiger partial charge >= 0.3 is 0 Å². The molecule has 0 fully saturated rings. The van der Waals surface area contributed by atoms with Crippen LogP contribution in [0.3, 0.4) is 0 Å². The van der Waals surface area contributed by atoms with E-state index in [2.05, 4.69) is 17.0 Å². The molecular formula is C11H22N4. The Labute approximate surface area is 91.9 Å². The van der Waals surface area contributed by atoms with Crippen LogP contribution in [0.4, 0.5) is 0 Å². The summed E-state index contributed by atoms with van der Waals surface area (Å²) >= 11 is 0. The third-order valence-corrected chi connectivity index (χ3v) is 2.85. The summed E-state index contributed by atoms with van der Waals surface area (Å²) in [6, 6.07) is 0. The molecule has 0 aliphatic carbocycles. The van der Waals surface area contributed by atoms with Crippen molar-refractivity contribution in [2.24, 2.45) is 18.7 Å². The molecule has 0 radical (unpaired) electrons. The highest BCUT2D eigenvalue weighted by Gasteiger charge is 2.09. The Morgan fingerprint density at radius 2 is 2.20 bits per heavy atom. The van der Waals surface area contributed by atoms with Crippen LogP contribution in [0.1, 0.15) is 38.4 Å². The van der Waals surface area contributed by atoms with Crippen molar-refractivity contribution >= 4 is 0 Å². The van der Waals surface area contributed by atoms with Crippen LogP contribution in [-0.4, -0.2) is 21.3 Å². The Hall–Kier alpha value is -0.900. The molecular weight excluding hydrogens is 188 g/mol. The van der Waals surface area contributed by atoms with Gasteiger partial charge in [0.1, 0.15) is 12.2 Å². The van der Waals surface area contributed by atoms with Gasteiger partial charge < -0.3 is 5.73 Å². The molecule has 0 bridgehead atoms. The first-order valence-electron chi connectivity index (χ1n) is 5.80. The van der Waals surface area contributed by atoms with Gasteiger partial charge in [0.25, 0.3) is 0 Å². The van der Waals surface area contributed by atoms with Crippen molar-refractivity contribution in [3.63, 3.8) is 0 Å². The first-order valence-corrected chi connectivity index (χ1v) is 5.80. The van der Waals surface area contributed by atoms with Gasteiger partial charge in [0.05, 0.1) is 0 Å². The minimum atomic E-state index is 0.747. The van der Waals surface area contributed by atoms with Crippen molar-refractivity contribution in [2.75, 3.05) is 6.54 Å². The molecule has 1 unspecified atom stereocenters. The normalized spacial score (nSPS) is 13.0. The molecule has 4 nitrogen and oxygen atoms in total. The summed E-state index contributed by atoms with van der Waals surface area (Å²) < 4.78 is 1.85. The number of nitrogens with zero attached hydrogens (tertiary/aromatic N) is 3. The molecule has 0 aromatic carbocycles. The van der Waals surface area contributed by atoms with Crippen molar-refractivity contribution < 1.29 is 0 Å². The summed E-state index contributed by atoms with van der Waals surface area (Å²) in [5.41, 5.74) is 5.61. The van der Waals surface area contributed by atoms with Crippen LogP contribution in [0.2, 0.25) is 0 Å². The Morgan fingerprint density at radius 1 is 1.40 bits per heavy atom. The van der Waals surface area contributed by atoms with E-state index in [4.69, 9.17) is 5.73 Å². The standard InChI is InChI=1S/C11H22N4/c1-3-4-10(7-8-12)5-6-11-13-9-14-15(11)2/h9-10H,3-8,12H2,1-2H3. The molecule has 0 aliphatic heterocycles. The Kier molecular flexibility index (Phi) is 5.32. The Bertz CT molecular complexity index is 263. The quantitative estimate of drug-likeness (QED) is 0.742. The number of hydrogen-bond acceptors (Lipinski definition) is 3. The zero-order valence-corrected chi connectivity index (χ0v) is 9.82. The molecule has 0 amide bonds. The largest absolute Gasteiger partial charge is 0.330 e. The maximum Gasteiger partial charge on any atom is 0.138 e. The van der Waals surface area contributed by atoms with Crippen LogP contribution in [0.25, 0.3) is 0 Å². The number of hydrogen-bond donors (Lipinski definition) is 1. The van der Waals surface area contributed by atoms with Crippen LogP contribution < -0.4 is 5.73 Å². The number of aryl methyl sites for hydroxylation is 2. The number of rotatable bonds is 7. The topological polar surface area (TPSA) is 56.7 Å². The van der Waals surface area contributed by atoms with E-state index in [1.54, 1.807) is 6.33 Å². The van der Waals surface area contributed by atoms with Gasteiger partial charge in [0.2, 0.25) is 0 Å². The van der Waals surface area contributed by atoms with Gasteiger partial charge in [-0.2, -0.15) is 5.10 Å². The van der Waals surface area contributed by atoms with Crippen LogP contribution in [0.5, 0.6) is 0 Å². The van der Waals surface area contributed by atoms with Crippen molar-refractivity contribution in [1.29, 1.82) is 0 Å². The van der Waals surface area contributed by atoms with Crippen molar-refractivity contribution in [1.82, 2.24) is 14.8 Å². The van der Waals surface area contributed by atoms with Gasteiger partial charge in [-0.1, -0.05) is 19.8 Å². The van der Waals surface area contributed by atoms with Crippen molar-refractivity contribution in [3.8, 4) is 0 Å². The highest BCUT2D eigenvalue weighted by atomic mass is 15.3. The third-order valence-electron chi connectivity index (χ3n) is 2.85. The molecule has 86 valence electrons. The van der Waals surface area contributed by atoms with Gasteiger partial charge in [-0.3, -0.25) is 4.68 Å². The second kappa shape index (κ2) is 6.56. The SMILES string of the molecule is CCCC(CCN)CCc1ncnn1C. The van der Waals surface area contributed by atoms with Crippen LogP contribution >= 0.6 is 0 Å². The van der Waals surface area contributed by atoms with Gasteiger partial charge in [-0.25, -0.2) is 4.98 Å². The summed E-state index contributed by atoms with van der Waals surface area (Å²) in [4.78, 5) is 4.23. The van der Waals surface area contributed by atoms with E-state index in [-0.39, 0.29) is 0 Å². The Balaban J connectivity index is 2.36. The van der Waals surface area contributed by atoms with E-state index in [1.165, 1.54) is 19.3 Å². The molecule has 0 saturated carbocycles. The molecule has 0 aliphatic rings. The monoisotopic (exact) mass is 210 g/mol. The van der Waals surface area contributed by atoms with E-state index >= 15 is 0 Å². The first kappa shape index (κ1) is 12.2. The molecule has 0 saturated heterocycles. The molecule has 1 atom stereocenters. The number of aromatic nitrogens is 3. The Morgan fingerprint density at radius 3 is 2.73 bits per heavy atom. The number of nitrogens with two attached hydrogens (primary N) is 1. The third kappa shape index (κ3) is 4.00. The fraction of sp³-hybridized carbons (Fsp3) is 0.818. The van der Waals surface area contributed by atoms with Crippen LogP contribution in [0, 0.1) is 5.92 Å². The van der Waals surface area contributed by atoms with E-state index in [0.29, 0.717) is 0 Å². The lowest BCUT2D eigenvalue weighted by Gasteiger charge is -2.14. The van der Waals surface area contributed by atoms with E-state index in [1.807, 2.05) is 11.7 Å². The molecule has 1 aromatic heterocycles. The summed E-state index contributed by atoms with van der Waals surface area (Å²) in [5, 5.41) is 4.07. The summed E-state index contributed by atoms with van der Waals surface area (Å²) in [7, 11) is 1.94. The average Bonchev–Trinajstić information content (AvgIpc) is 2.61. The highest BCUT2D eigenvalue weighted by Crippen LogP contribution is 2.16. The lowest BCUT2D eigenvalue weighted by Crippen LogP contribution is -2.11. The molecule has 4 heteroatoms. The summed E-state index contributed by atoms with van der Waals surface area (Å²) in [6.07, 6.45) is 7.45. The summed E-state index contributed by atoms with van der Waals surface area (Å²) in [5.74, 6) is 1.82. The highest BCUT2D eigenvalue weighted by molar-refractivity contribution is 4.84. The lowest BCUT2D eigenvalue weighted by molar-refractivity contribution is 0.414. The average molecular weight is 210 g/mol. The van der Waals surface area contributed by atoms with Gasteiger partial charge in [-0.15, -0.1) is 0 Å². The second-order valence-corrected chi connectivity index (χ2v) is 4.07. The molecule has 1 aromatic rings. The van der Waals surface area contributed by atoms with E-state index < -0.39 is 0 Å². The van der Waals surface area contributed by atoms with E-state index in [0.717, 1.165) is 31.1 Å². The first-order chi connectivity index (χ1) is 7.27. The van der Waals surface area contributed by atoms with Gasteiger partial charge in [0.15, 0.2) is 0 Å². The maximum atomic E-state index is 5.61. The fourth-order valence-corrected chi connectivity index (χ4v) is 1.96. The van der Waals surface area contributed by atoms with Gasteiger partial charge in [-0.05, 0) is 25.3 Å². The molecule has 15 heavy (non-hydrogen) atoms. The minimum Gasteiger partial charge on any atom is -0.330 e. The molecule has 1 rings (SSSR count). The summed E-state index contributed by atoms with van der Waals surface area (Å²) in [6.45, 7) is 3.02. The maximum absolute atomic E-state index is 5.61. The van der Waals surface area contributed by atoms with Crippen LogP contribution in [0.15, 0.2) is 6.33 Å². The molecule has 1 heterocycles. The smallest absolute Gasteiger partial charge is 0.138 e. The predicted octanol–water partition coefficient (Wildman–Crippen LogP) is 1.51. The van der Waals surface area contributed by atoms with Crippen LogP contribution in [-0.2, 0) is 13.5 Å². The fourth-order valence-electron chi connectivity index (χ4n) is 1.96. The zero-order chi connectivity index (χ0) is 11.1. The lowest BCUT2D eigenvalue weighted by atomic mass is 9.94. The molecule has 0 spiro atoms. The predicted molar refractivity (Wildman–Crippen MR) is 61.4 cm³/mol. The molecule has 2 N–H and O–H groups in total. The second-order valence-electron chi connectivity index (χ2n) is 4.07. The van der Waals surface area contributed by atoms with Crippen molar-refractivity contribution in [2.45, 2.75) is 39.0 Å². The minimum absolute atomic E-state index is 0.747. The van der Waals surface area contributed by atoms with Gasteiger partial charge in [0, 0.05) is 13.5 Å². The zero-order valence-electron chi connectivity index (χ0n) is 9.82. The van der Waals surface area contributed by atoms with E-state index in [9.17, 15) is 0 Å². The van der Waals surface area contributed by atoms with Crippen molar-refractivity contribution in [3.05, 3.63) is 12.2 Å².